The predicted molar refractivity (Wildman–Crippen MR) is 112 cm³/mol. The van der Waals surface area contributed by atoms with Crippen LogP contribution in [0.2, 0.25) is 0 Å². The first-order valence-electron chi connectivity index (χ1n) is 9.18. The van der Waals surface area contributed by atoms with Crippen LogP contribution >= 0.6 is 0 Å². The quantitative estimate of drug-likeness (QED) is 0.465. The van der Waals surface area contributed by atoms with Crippen LogP contribution in [-0.4, -0.2) is 65.1 Å². The van der Waals surface area contributed by atoms with Gasteiger partial charge in [-0.1, -0.05) is 0 Å². The number of aromatic amines is 1. The van der Waals surface area contributed by atoms with Crippen molar-refractivity contribution in [3.05, 3.63) is 24.2 Å². The topological polar surface area (TPSA) is 125 Å². The number of aromatic nitrogens is 5. The normalized spacial score (nSPS) is 21.8. The fourth-order valence-electron chi connectivity index (χ4n) is 3.03. The summed E-state index contributed by atoms with van der Waals surface area (Å²) >= 11 is 0. The maximum atomic E-state index is 10.3. The molecule has 1 fully saturated rings. The fraction of sp³-hybridized carbons (Fsp3) is 0.375. The first-order chi connectivity index (χ1) is 13.2. The van der Waals surface area contributed by atoms with Gasteiger partial charge < -0.3 is 20.1 Å². The van der Waals surface area contributed by atoms with Crippen molar-refractivity contribution in [1.82, 2.24) is 24.7 Å². The number of anilines is 2. The highest BCUT2D eigenvalue weighted by Crippen LogP contribution is 2.37. The molecule has 0 spiro atoms. The number of hydrogen-bond donors (Lipinski definition) is 3. The number of ether oxygens (including phenoxy) is 1. The average molecular weight is 375 g/mol. The molecule has 0 aromatic carbocycles. The molecule has 2 atom stereocenters. The van der Waals surface area contributed by atoms with Crippen LogP contribution in [0.1, 0.15) is 25.5 Å². The standard InChI is InChI=1S/C16H20B3N7O2/c1-15(27)3-2-11(15)28-13-10(7-26(25-13)16(17,18)19)23-14-21-6-8-4-9(5-20)22-12(8)24-14/h4,6-7,11,27H,2-3,17-19H2,1H3,(H2,21,22,23,24)/t11?,15-/m1/s1. The van der Waals surface area contributed by atoms with Crippen molar-refractivity contribution in [3.8, 4) is 11.9 Å². The lowest BCUT2D eigenvalue weighted by molar-refractivity contribution is -0.119. The lowest BCUT2D eigenvalue weighted by Crippen LogP contribution is -2.52. The molecule has 4 rings (SSSR count). The molecule has 1 aliphatic carbocycles. The number of aliphatic hydroxyl groups is 1. The Morgan fingerprint density at radius 1 is 1.50 bits per heavy atom. The van der Waals surface area contributed by atoms with Crippen molar-refractivity contribution in [1.29, 1.82) is 5.26 Å². The van der Waals surface area contributed by atoms with Crippen LogP contribution in [0, 0.1) is 11.3 Å². The molecule has 28 heavy (non-hydrogen) atoms. The highest BCUT2D eigenvalue weighted by Gasteiger charge is 2.43. The van der Waals surface area contributed by atoms with E-state index in [9.17, 15) is 5.11 Å². The van der Waals surface area contributed by atoms with Crippen LogP contribution in [0.15, 0.2) is 18.5 Å². The van der Waals surface area contributed by atoms with Gasteiger partial charge in [0.1, 0.15) is 52.7 Å². The maximum absolute atomic E-state index is 10.3. The Bertz CT molecular complexity index is 1080. The number of fused-ring (bicyclic) bond motifs is 1. The average Bonchev–Trinajstić information content (AvgIpc) is 3.22. The number of hydrogen-bond acceptors (Lipinski definition) is 7. The van der Waals surface area contributed by atoms with Crippen molar-refractivity contribution in [2.75, 3.05) is 5.32 Å². The third kappa shape index (κ3) is 3.33. The van der Waals surface area contributed by atoms with E-state index < -0.39 is 5.60 Å². The molecule has 3 aromatic heterocycles. The van der Waals surface area contributed by atoms with E-state index >= 15 is 0 Å². The largest absolute Gasteiger partial charge is 0.469 e. The zero-order valence-electron chi connectivity index (χ0n) is 16.3. The molecule has 1 unspecified atom stereocenters. The Morgan fingerprint density at radius 3 is 2.89 bits per heavy atom. The molecule has 3 heterocycles. The van der Waals surface area contributed by atoms with Gasteiger partial charge in [0, 0.05) is 11.6 Å². The molecule has 3 N–H and O–H groups in total. The molecule has 0 saturated heterocycles. The summed E-state index contributed by atoms with van der Waals surface area (Å²) in [7, 11) is 6.12. The van der Waals surface area contributed by atoms with E-state index in [2.05, 4.69) is 31.4 Å². The van der Waals surface area contributed by atoms with Crippen LogP contribution in [0.3, 0.4) is 0 Å². The summed E-state index contributed by atoms with van der Waals surface area (Å²) in [6, 6.07) is 3.75. The van der Waals surface area contributed by atoms with E-state index in [0.717, 1.165) is 11.8 Å². The number of nitriles is 1. The van der Waals surface area contributed by atoms with Gasteiger partial charge in [0.25, 0.3) is 5.88 Å². The minimum Gasteiger partial charge on any atom is -0.469 e. The second-order valence-electron chi connectivity index (χ2n) is 8.38. The molecular formula is C16H20B3N7O2. The summed E-state index contributed by atoms with van der Waals surface area (Å²) in [4.78, 5) is 11.7. The minimum absolute atomic E-state index is 0.244. The third-order valence-electron chi connectivity index (χ3n) is 4.96. The number of nitrogens with zero attached hydrogens (tertiary/aromatic N) is 5. The van der Waals surface area contributed by atoms with E-state index in [1.807, 2.05) is 29.7 Å². The summed E-state index contributed by atoms with van der Waals surface area (Å²) in [6.07, 6.45) is 4.66. The molecule has 0 bridgehead atoms. The molecule has 0 radical (unpaired) electrons. The van der Waals surface area contributed by atoms with Gasteiger partial charge in [-0.2, -0.15) is 10.2 Å². The second-order valence-corrected chi connectivity index (χ2v) is 8.38. The summed E-state index contributed by atoms with van der Waals surface area (Å²) < 4.78 is 7.81. The Hall–Kier alpha value is -2.93. The molecule has 3 aromatic rings. The van der Waals surface area contributed by atoms with Crippen LogP contribution in [0.4, 0.5) is 11.6 Å². The smallest absolute Gasteiger partial charge is 0.257 e. The van der Waals surface area contributed by atoms with E-state index in [-0.39, 0.29) is 11.3 Å². The second kappa shape index (κ2) is 6.31. The Kier molecular flexibility index (Phi) is 4.15. The maximum Gasteiger partial charge on any atom is 0.257 e. The van der Waals surface area contributed by atoms with Crippen LogP contribution in [-0.2, 0) is 5.24 Å². The zero-order valence-corrected chi connectivity index (χ0v) is 16.3. The Labute approximate surface area is 164 Å². The Morgan fingerprint density at radius 2 is 2.29 bits per heavy atom. The van der Waals surface area contributed by atoms with E-state index in [1.165, 1.54) is 0 Å². The molecule has 1 saturated carbocycles. The van der Waals surface area contributed by atoms with Crippen LogP contribution in [0.25, 0.3) is 11.0 Å². The summed E-state index contributed by atoms with van der Waals surface area (Å²) in [5.74, 6) is 0.755. The summed E-state index contributed by atoms with van der Waals surface area (Å²) in [5, 5.41) is 27.5. The van der Waals surface area contributed by atoms with Crippen molar-refractivity contribution in [2.24, 2.45) is 0 Å². The number of H-pyrrole nitrogens is 1. The Balaban J connectivity index is 1.66. The lowest BCUT2D eigenvalue weighted by atomic mass is 9.49. The molecular weight excluding hydrogens is 355 g/mol. The first-order valence-corrected chi connectivity index (χ1v) is 9.18. The van der Waals surface area contributed by atoms with Gasteiger partial charge in [0.2, 0.25) is 5.95 Å². The van der Waals surface area contributed by atoms with Gasteiger partial charge in [-0.3, -0.25) is 4.68 Å². The van der Waals surface area contributed by atoms with E-state index in [4.69, 9.17) is 10.00 Å². The van der Waals surface area contributed by atoms with Crippen LogP contribution in [0.5, 0.6) is 5.88 Å². The zero-order chi connectivity index (χ0) is 20.1. The molecule has 140 valence electrons. The van der Waals surface area contributed by atoms with E-state index in [1.54, 1.807) is 23.9 Å². The van der Waals surface area contributed by atoms with Gasteiger partial charge >= 0.3 is 0 Å². The van der Waals surface area contributed by atoms with Crippen LogP contribution < -0.4 is 10.1 Å². The monoisotopic (exact) mass is 375 g/mol. The molecule has 0 amide bonds. The first kappa shape index (κ1) is 18.4. The number of nitrogens with one attached hydrogen (secondary N) is 2. The minimum atomic E-state index is -0.851. The third-order valence-corrected chi connectivity index (χ3v) is 4.96. The van der Waals surface area contributed by atoms with Crippen molar-refractivity contribution in [2.45, 2.75) is 36.7 Å². The highest BCUT2D eigenvalue weighted by atomic mass is 16.5. The van der Waals surface area contributed by atoms with Gasteiger partial charge in [-0.25, -0.2) is 4.98 Å². The molecule has 12 heteroatoms. The van der Waals surface area contributed by atoms with Gasteiger partial charge in [0.15, 0.2) is 0 Å². The fourth-order valence-corrected chi connectivity index (χ4v) is 3.03. The summed E-state index contributed by atoms with van der Waals surface area (Å²) in [5.41, 5.74) is 0.764. The predicted octanol–water partition coefficient (Wildman–Crippen LogP) is -1.47. The highest BCUT2D eigenvalue weighted by molar-refractivity contribution is 6.56. The lowest BCUT2D eigenvalue weighted by Gasteiger charge is -2.41. The molecule has 1 aliphatic rings. The van der Waals surface area contributed by atoms with Gasteiger partial charge in [-0.05, 0) is 31.1 Å². The van der Waals surface area contributed by atoms with Crippen molar-refractivity contribution >= 4 is 46.2 Å². The van der Waals surface area contributed by atoms with Crippen molar-refractivity contribution < 1.29 is 9.84 Å². The van der Waals surface area contributed by atoms with Crippen molar-refractivity contribution in [3.63, 3.8) is 0 Å². The van der Waals surface area contributed by atoms with E-state index in [0.29, 0.717) is 35.3 Å². The summed E-state index contributed by atoms with van der Waals surface area (Å²) in [6.45, 7) is 1.77. The molecule has 9 nitrogen and oxygen atoms in total. The SMILES string of the molecule is BC(B)(B)n1cc(Nc2ncc3cc(C#N)[nH]c3n2)c(OC2CC[C@@]2(C)O)n1. The van der Waals surface area contributed by atoms with Gasteiger partial charge in [0.05, 0.1) is 11.8 Å². The molecule has 0 aliphatic heterocycles. The number of rotatable bonds is 5. The van der Waals surface area contributed by atoms with Gasteiger partial charge in [-0.15, -0.1) is 5.10 Å².